The first-order valence-corrected chi connectivity index (χ1v) is 11.3. The van der Waals surface area contributed by atoms with E-state index in [4.69, 9.17) is 15.9 Å². The van der Waals surface area contributed by atoms with Gasteiger partial charge >= 0.3 is 6.03 Å². The molecule has 11 heteroatoms. The van der Waals surface area contributed by atoms with Crippen molar-refractivity contribution in [3.05, 3.63) is 22.9 Å². The van der Waals surface area contributed by atoms with E-state index in [2.05, 4.69) is 21.3 Å². The Morgan fingerprint density at radius 3 is 2.73 bits per heavy atom. The van der Waals surface area contributed by atoms with Gasteiger partial charge in [0.25, 0.3) is 0 Å². The maximum atomic E-state index is 12.8. The van der Waals surface area contributed by atoms with Crippen LogP contribution in [0.4, 0.5) is 4.79 Å². The second-order valence-electron chi connectivity index (χ2n) is 8.75. The second kappa shape index (κ2) is 12.2. The van der Waals surface area contributed by atoms with Crippen molar-refractivity contribution in [3.63, 3.8) is 0 Å². The number of urea groups is 1. The van der Waals surface area contributed by atoms with E-state index < -0.39 is 24.0 Å². The summed E-state index contributed by atoms with van der Waals surface area (Å²) in [5, 5.41) is 39.4. The largest absolute Gasteiger partial charge is 0.396 e. The van der Waals surface area contributed by atoms with Crippen LogP contribution in [-0.2, 0) is 9.53 Å². The SMILES string of the molecule is COC(O)NC1(CCO)C(NC(=O)NC(C=O)CCCNC(C)C)=C2CCC(C(=N)N)=CC21. The van der Waals surface area contributed by atoms with Crippen molar-refractivity contribution < 1.29 is 24.5 Å². The summed E-state index contributed by atoms with van der Waals surface area (Å²) in [7, 11) is 1.33. The number of amides is 2. The highest BCUT2D eigenvalue weighted by atomic mass is 16.6. The molecule has 0 saturated heterocycles. The number of methoxy groups -OCH3 is 1. The summed E-state index contributed by atoms with van der Waals surface area (Å²) in [5.41, 5.74) is 6.79. The van der Waals surface area contributed by atoms with E-state index in [0.29, 0.717) is 42.9 Å². The van der Waals surface area contributed by atoms with Crippen LogP contribution in [0.15, 0.2) is 22.9 Å². The monoisotopic (exact) mass is 466 g/mol. The van der Waals surface area contributed by atoms with E-state index in [-0.39, 0.29) is 24.8 Å². The number of nitrogens with two attached hydrogens (primary N) is 1. The fourth-order valence-corrected chi connectivity index (χ4v) is 4.49. The molecule has 0 spiro atoms. The standard InChI is InChI=1S/C22H38N6O5/c1-13(2)25-9-4-5-15(12-30)26-20(31)27-18-16-7-6-14(19(23)24)11-17(16)22(18,8-10-29)28-21(32)33-3/h11-13,15,17,21,25,28-29,32H,4-10H2,1-3H3,(H3,23,24)(H2,26,27,31). The average molecular weight is 467 g/mol. The minimum absolute atomic E-state index is 0.0285. The molecule has 2 amide bonds. The van der Waals surface area contributed by atoms with Gasteiger partial charge in [-0.25, -0.2) is 4.79 Å². The van der Waals surface area contributed by atoms with Gasteiger partial charge in [-0.1, -0.05) is 19.9 Å². The molecule has 4 atom stereocenters. The maximum Gasteiger partial charge on any atom is 0.319 e. The Morgan fingerprint density at radius 1 is 1.42 bits per heavy atom. The summed E-state index contributed by atoms with van der Waals surface area (Å²) in [6.07, 6.45) is 3.74. The molecule has 11 nitrogen and oxygen atoms in total. The zero-order valence-corrected chi connectivity index (χ0v) is 19.6. The number of fused-ring (bicyclic) bond motifs is 1. The van der Waals surface area contributed by atoms with Crippen LogP contribution in [0.3, 0.4) is 0 Å². The highest BCUT2D eigenvalue weighted by Gasteiger charge is 2.55. The first-order valence-electron chi connectivity index (χ1n) is 11.3. The van der Waals surface area contributed by atoms with Crippen LogP contribution in [0.5, 0.6) is 0 Å². The quantitative estimate of drug-likeness (QED) is 0.0569. The van der Waals surface area contributed by atoms with E-state index in [0.717, 1.165) is 18.5 Å². The average Bonchev–Trinajstić information content (AvgIpc) is 2.78. The fraction of sp³-hybridized carbons (Fsp3) is 0.682. The van der Waals surface area contributed by atoms with Crippen LogP contribution in [0.1, 0.15) is 46.0 Å². The van der Waals surface area contributed by atoms with Gasteiger partial charge in [0.15, 0.2) is 0 Å². The van der Waals surface area contributed by atoms with E-state index in [1.54, 1.807) is 0 Å². The van der Waals surface area contributed by atoms with Gasteiger partial charge in [-0.05, 0) is 49.8 Å². The Hall–Kier alpha value is -2.31. The number of aliphatic hydroxyl groups excluding tert-OH is 2. The first kappa shape index (κ1) is 26.9. The molecule has 0 aromatic carbocycles. The summed E-state index contributed by atoms with van der Waals surface area (Å²) >= 11 is 0. The van der Waals surface area contributed by atoms with Crippen LogP contribution < -0.4 is 27.0 Å². The van der Waals surface area contributed by atoms with Crippen molar-refractivity contribution in [1.29, 1.82) is 5.41 Å². The van der Waals surface area contributed by atoms with Crippen molar-refractivity contribution >= 4 is 18.2 Å². The molecule has 0 aromatic heterocycles. The number of rotatable bonds is 14. The lowest BCUT2D eigenvalue weighted by Gasteiger charge is -2.54. The van der Waals surface area contributed by atoms with Crippen molar-refractivity contribution in [2.75, 3.05) is 20.3 Å². The normalized spacial score (nSPS) is 23.8. The van der Waals surface area contributed by atoms with Gasteiger partial charge in [0.05, 0.1) is 11.6 Å². The summed E-state index contributed by atoms with van der Waals surface area (Å²) < 4.78 is 4.96. The molecule has 33 heavy (non-hydrogen) atoms. The number of amidine groups is 1. The first-order chi connectivity index (χ1) is 15.7. The molecule has 2 aliphatic rings. The number of aldehydes is 1. The number of carbonyl (C=O) groups is 2. The zero-order chi connectivity index (χ0) is 24.6. The molecule has 4 unspecified atom stereocenters. The van der Waals surface area contributed by atoms with Gasteiger partial charge in [-0.15, -0.1) is 0 Å². The summed E-state index contributed by atoms with van der Waals surface area (Å²) in [5.74, 6) is -0.319. The molecule has 0 aromatic rings. The smallest absolute Gasteiger partial charge is 0.319 e. The van der Waals surface area contributed by atoms with Gasteiger partial charge in [-0.3, -0.25) is 10.7 Å². The zero-order valence-electron chi connectivity index (χ0n) is 19.6. The van der Waals surface area contributed by atoms with Crippen LogP contribution in [-0.4, -0.2) is 72.7 Å². The Labute approximate surface area is 194 Å². The van der Waals surface area contributed by atoms with Crippen LogP contribution in [0.2, 0.25) is 0 Å². The lowest BCUT2D eigenvalue weighted by molar-refractivity contribution is -0.119. The lowest BCUT2D eigenvalue weighted by atomic mass is 9.59. The Kier molecular flexibility index (Phi) is 9.99. The minimum atomic E-state index is -1.34. The highest BCUT2D eigenvalue weighted by molar-refractivity contribution is 5.95. The molecule has 2 rings (SSSR count). The minimum Gasteiger partial charge on any atom is -0.396 e. The molecule has 0 radical (unpaired) electrons. The van der Waals surface area contributed by atoms with E-state index in [9.17, 15) is 19.8 Å². The molecule has 0 fully saturated rings. The number of ether oxygens (including phenoxy) is 1. The van der Waals surface area contributed by atoms with E-state index in [1.165, 1.54) is 7.11 Å². The van der Waals surface area contributed by atoms with Gasteiger partial charge in [0, 0.05) is 31.4 Å². The molecule has 0 heterocycles. The summed E-state index contributed by atoms with van der Waals surface area (Å²) in [6, 6.07) is -0.832. The predicted molar refractivity (Wildman–Crippen MR) is 124 cm³/mol. The van der Waals surface area contributed by atoms with Crippen LogP contribution in [0.25, 0.3) is 0 Å². The molecular weight excluding hydrogens is 428 g/mol. The molecule has 186 valence electrons. The molecular formula is C22H38N6O5. The molecule has 0 aliphatic heterocycles. The highest BCUT2D eigenvalue weighted by Crippen LogP contribution is 2.51. The Bertz CT molecular complexity index is 783. The fourth-order valence-electron chi connectivity index (χ4n) is 4.49. The Morgan fingerprint density at radius 2 is 2.15 bits per heavy atom. The summed E-state index contributed by atoms with van der Waals surface area (Å²) in [4.78, 5) is 24.2. The number of hydrogen-bond donors (Lipinski definition) is 8. The van der Waals surface area contributed by atoms with Gasteiger partial charge in [-0.2, -0.15) is 0 Å². The molecule has 2 aliphatic carbocycles. The van der Waals surface area contributed by atoms with Crippen LogP contribution >= 0.6 is 0 Å². The third kappa shape index (κ3) is 6.61. The van der Waals surface area contributed by atoms with Crippen molar-refractivity contribution in [3.8, 4) is 0 Å². The number of hydrogen-bond acceptors (Lipinski definition) is 8. The van der Waals surface area contributed by atoms with Crippen molar-refractivity contribution in [2.45, 2.75) is 70.0 Å². The van der Waals surface area contributed by atoms with Crippen molar-refractivity contribution in [2.24, 2.45) is 11.7 Å². The Balaban J connectivity index is 2.18. The van der Waals surface area contributed by atoms with Crippen LogP contribution in [0, 0.1) is 11.3 Å². The number of nitrogens with one attached hydrogen (secondary N) is 5. The predicted octanol–water partition coefficient (Wildman–Crippen LogP) is -0.196. The van der Waals surface area contributed by atoms with E-state index in [1.807, 2.05) is 19.9 Å². The van der Waals surface area contributed by atoms with Gasteiger partial charge in [0.2, 0.25) is 6.41 Å². The molecule has 0 saturated carbocycles. The van der Waals surface area contributed by atoms with Gasteiger partial charge < -0.3 is 41.4 Å². The maximum absolute atomic E-state index is 12.8. The van der Waals surface area contributed by atoms with E-state index >= 15 is 0 Å². The second-order valence-corrected chi connectivity index (χ2v) is 8.75. The third-order valence-electron chi connectivity index (χ3n) is 6.13. The lowest BCUT2D eigenvalue weighted by Crippen LogP contribution is -2.67. The molecule has 0 bridgehead atoms. The third-order valence-corrected chi connectivity index (χ3v) is 6.13. The molecule has 9 N–H and O–H groups in total. The summed E-state index contributed by atoms with van der Waals surface area (Å²) in [6.45, 7) is 4.60. The van der Waals surface area contributed by atoms with Gasteiger partial charge in [0.1, 0.15) is 12.1 Å². The topological polar surface area (TPSA) is 182 Å². The number of carbonyl (C=O) groups excluding carboxylic acids is 2. The van der Waals surface area contributed by atoms with Crippen molar-refractivity contribution in [1.82, 2.24) is 21.3 Å². The number of aliphatic hydroxyl groups is 2.